The second kappa shape index (κ2) is 5.98. The summed E-state index contributed by atoms with van der Waals surface area (Å²) in [5, 5.41) is 2.54. The molecule has 0 spiro atoms. The zero-order chi connectivity index (χ0) is 14.7. The van der Waals surface area contributed by atoms with Crippen molar-refractivity contribution < 1.29 is 18.4 Å². The van der Waals surface area contributed by atoms with Gasteiger partial charge in [-0.2, -0.15) is 0 Å². The summed E-state index contributed by atoms with van der Waals surface area (Å²) in [5.74, 6) is -2.52. The predicted molar refractivity (Wildman–Crippen MR) is 68.5 cm³/mol. The Labute approximate surface area is 115 Å². The van der Waals surface area contributed by atoms with Crippen molar-refractivity contribution in [1.29, 1.82) is 0 Å². The average Bonchev–Trinajstić information content (AvgIpc) is 3.17. The van der Waals surface area contributed by atoms with E-state index in [1.807, 2.05) is 0 Å². The van der Waals surface area contributed by atoms with E-state index in [4.69, 9.17) is 5.73 Å². The van der Waals surface area contributed by atoms with E-state index in [0.29, 0.717) is 17.9 Å². The van der Waals surface area contributed by atoms with Gasteiger partial charge in [0, 0.05) is 0 Å². The van der Waals surface area contributed by atoms with Gasteiger partial charge in [-0.3, -0.25) is 9.59 Å². The monoisotopic (exact) mass is 282 g/mol. The van der Waals surface area contributed by atoms with Crippen LogP contribution in [0, 0.1) is 17.6 Å². The first kappa shape index (κ1) is 14.4. The summed E-state index contributed by atoms with van der Waals surface area (Å²) in [6, 6.07) is 2.57. The van der Waals surface area contributed by atoms with Crippen LogP contribution >= 0.6 is 0 Å². The summed E-state index contributed by atoms with van der Waals surface area (Å²) < 4.78 is 25.8. The number of primary amides is 1. The topological polar surface area (TPSA) is 72.2 Å². The van der Waals surface area contributed by atoms with E-state index in [0.717, 1.165) is 25.0 Å². The van der Waals surface area contributed by atoms with Gasteiger partial charge >= 0.3 is 0 Å². The van der Waals surface area contributed by atoms with Crippen molar-refractivity contribution in [3.05, 3.63) is 35.4 Å². The van der Waals surface area contributed by atoms with Crippen LogP contribution in [-0.4, -0.2) is 17.9 Å². The molecule has 1 fully saturated rings. The molecule has 4 nitrogen and oxygen atoms in total. The summed E-state index contributed by atoms with van der Waals surface area (Å²) in [4.78, 5) is 23.0. The third-order valence-electron chi connectivity index (χ3n) is 3.29. The summed E-state index contributed by atoms with van der Waals surface area (Å²) in [7, 11) is 0. The van der Waals surface area contributed by atoms with Crippen molar-refractivity contribution in [2.45, 2.75) is 31.7 Å². The third-order valence-corrected chi connectivity index (χ3v) is 3.29. The molecular formula is C14H16F2N2O2. The Morgan fingerprint density at radius 2 is 2.00 bits per heavy atom. The molecule has 20 heavy (non-hydrogen) atoms. The Morgan fingerprint density at radius 3 is 2.55 bits per heavy atom. The SMILES string of the molecule is NC(=O)[C@H](CC1CC1)NC(=O)Cc1ccc(F)c(F)c1. The summed E-state index contributed by atoms with van der Waals surface area (Å²) in [6.45, 7) is 0. The van der Waals surface area contributed by atoms with E-state index in [2.05, 4.69) is 5.32 Å². The van der Waals surface area contributed by atoms with Crippen LogP contribution < -0.4 is 11.1 Å². The number of amides is 2. The lowest BCUT2D eigenvalue weighted by Gasteiger charge is -2.15. The van der Waals surface area contributed by atoms with Crippen molar-refractivity contribution in [3.8, 4) is 0 Å². The number of halogens is 2. The van der Waals surface area contributed by atoms with Gasteiger partial charge in [0.1, 0.15) is 6.04 Å². The second-order valence-corrected chi connectivity index (χ2v) is 5.13. The zero-order valence-electron chi connectivity index (χ0n) is 10.9. The van der Waals surface area contributed by atoms with Crippen LogP contribution in [0.5, 0.6) is 0 Å². The molecule has 0 heterocycles. The summed E-state index contributed by atoms with van der Waals surface area (Å²) in [5.41, 5.74) is 5.58. The predicted octanol–water partition coefficient (Wildman–Crippen LogP) is 1.28. The Balaban J connectivity index is 1.92. The lowest BCUT2D eigenvalue weighted by atomic mass is 10.1. The number of carbonyl (C=O) groups excluding carboxylic acids is 2. The Kier molecular flexibility index (Phi) is 4.32. The quantitative estimate of drug-likeness (QED) is 0.825. The molecular weight excluding hydrogens is 266 g/mol. The highest BCUT2D eigenvalue weighted by molar-refractivity contribution is 5.87. The minimum absolute atomic E-state index is 0.119. The molecule has 3 N–H and O–H groups in total. The van der Waals surface area contributed by atoms with Gasteiger partial charge in [0.25, 0.3) is 0 Å². The molecule has 0 unspecified atom stereocenters. The van der Waals surface area contributed by atoms with E-state index in [1.54, 1.807) is 0 Å². The lowest BCUT2D eigenvalue weighted by Crippen LogP contribution is -2.45. The molecule has 0 radical (unpaired) electrons. The van der Waals surface area contributed by atoms with Crippen LogP contribution in [-0.2, 0) is 16.0 Å². The van der Waals surface area contributed by atoms with E-state index < -0.39 is 29.5 Å². The number of carbonyl (C=O) groups is 2. The highest BCUT2D eigenvalue weighted by atomic mass is 19.2. The highest BCUT2D eigenvalue weighted by Gasteiger charge is 2.29. The molecule has 0 aromatic heterocycles. The van der Waals surface area contributed by atoms with E-state index in [9.17, 15) is 18.4 Å². The first-order valence-electron chi connectivity index (χ1n) is 6.48. The van der Waals surface area contributed by atoms with Crippen LogP contribution in [0.15, 0.2) is 18.2 Å². The van der Waals surface area contributed by atoms with Gasteiger partial charge in [-0.05, 0) is 30.0 Å². The van der Waals surface area contributed by atoms with Crippen molar-refractivity contribution >= 4 is 11.8 Å². The van der Waals surface area contributed by atoms with E-state index >= 15 is 0 Å². The fourth-order valence-electron chi connectivity index (χ4n) is 2.01. The largest absolute Gasteiger partial charge is 0.368 e. The normalized spacial score (nSPS) is 15.7. The van der Waals surface area contributed by atoms with Crippen LogP contribution in [0.1, 0.15) is 24.8 Å². The van der Waals surface area contributed by atoms with Crippen molar-refractivity contribution in [2.75, 3.05) is 0 Å². The van der Waals surface area contributed by atoms with Crippen molar-refractivity contribution in [3.63, 3.8) is 0 Å². The molecule has 2 rings (SSSR count). The maximum absolute atomic E-state index is 13.0. The molecule has 2 amide bonds. The zero-order valence-corrected chi connectivity index (χ0v) is 10.9. The minimum Gasteiger partial charge on any atom is -0.368 e. The first-order chi connectivity index (χ1) is 9.45. The van der Waals surface area contributed by atoms with Crippen LogP contribution in [0.4, 0.5) is 8.78 Å². The van der Waals surface area contributed by atoms with Crippen molar-refractivity contribution in [1.82, 2.24) is 5.32 Å². The molecule has 0 saturated heterocycles. The van der Waals surface area contributed by atoms with E-state index in [1.165, 1.54) is 6.07 Å². The molecule has 1 aromatic rings. The molecule has 6 heteroatoms. The summed E-state index contributed by atoms with van der Waals surface area (Å²) >= 11 is 0. The van der Waals surface area contributed by atoms with Gasteiger partial charge < -0.3 is 11.1 Å². The molecule has 0 bridgehead atoms. The van der Waals surface area contributed by atoms with Gasteiger partial charge in [-0.1, -0.05) is 18.9 Å². The molecule has 1 aliphatic carbocycles. The van der Waals surface area contributed by atoms with Gasteiger partial charge in [-0.15, -0.1) is 0 Å². The number of hydrogen-bond donors (Lipinski definition) is 2. The fourth-order valence-corrected chi connectivity index (χ4v) is 2.01. The third kappa shape index (κ3) is 4.01. The maximum Gasteiger partial charge on any atom is 0.240 e. The van der Waals surface area contributed by atoms with Gasteiger partial charge in [0.05, 0.1) is 6.42 Å². The minimum atomic E-state index is -1.00. The average molecular weight is 282 g/mol. The molecule has 108 valence electrons. The second-order valence-electron chi connectivity index (χ2n) is 5.13. The molecule has 1 aromatic carbocycles. The van der Waals surface area contributed by atoms with Gasteiger partial charge in [0.2, 0.25) is 11.8 Å². The number of hydrogen-bond acceptors (Lipinski definition) is 2. The number of nitrogens with two attached hydrogens (primary N) is 1. The summed E-state index contributed by atoms with van der Waals surface area (Å²) in [6.07, 6.45) is 2.51. The number of nitrogens with one attached hydrogen (secondary N) is 1. The molecule has 1 aliphatic rings. The number of rotatable bonds is 6. The Morgan fingerprint density at radius 1 is 1.30 bits per heavy atom. The highest BCUT2D eigenvalue weighted by Crippen LogP contribution is 2.33. The van der Waals surface area contributed by atoms with Crippen LogP contribution in [0.2, 0.25) is 0 Å². The fraction of sp³-hybridized carbons (Fsp3) is 0.429. The Bertz CT molecular complexity index is 530. The Hall–Kier alpha value is -1.98. The standard InChI is InChI=1S/C14H16F2N2O2/c15-10-4-3-9(5-11(10)16)7-13(19)18-12(14(17)20)6-8-1-2-8/h3-5,8,12H,1-2,6-7H2,(H2,17,20)(H,18,19)/t12-/m0/s1. The maximum atomic E-state index is 13.0. The van der Waals surface area contributed by atoms with E-state index in [-0.39, 0.29) is 6.42 Å². The molecule has 0 aliphatic heterocycles. The smallest absolute Gasteiger partial charge is 0.240 e. The van der Waals surface area contributed by atoms with Gasteiger partial charge in [-0.25, -0.2) is 8.78 Å². The van der Waals surface area contributed by atoms with Crippen molar-refractivity contribution in [2.24, 2.45) is 11.7 Å². The first-order valence-corrected chi connectivity index (χ1v) is 6.48. The lowest BCUT2D eigenvalue weighted by molar-refractivity contribution is -0.127. The van der Waals surface area contributed by atoms with Crippen LogP contribution in [0.25, 0.3) is 0 Å². The molecule has 1 atom stereocenters. The molecule has 1 saturated carbocycles. The van der Waals surface area contributed by atoms with Crippen LogP contribution in [0.3, 0.4) is 0 Å². The number of benzene rings is 1. The van der Waals surface area contributed by atoms with Gasteiger partial charge in [0.15, 0.2) is 11.6 Å².